The number of para-hydroxylation sites is 1. The highest BCUT2D eigenvalue weighted by molar-refractivity contribution is 7.89. The lowest BCUT2D eigenvalue weighted by molar-refractivity contribution is 0.00181. The van der Waals surface area contributed by atoms with Gasteiger partial charge in [-0.2, -0.15) is 4.31 Å². The lowest BCUT2D eigenvalue weighted by Crippen LogP contribution is -2.51. The molecule has 0 N–H and O–H groups in total. The second kappa shape index (κ2) is 6.39. The highest BCUT2D eigenvalue weighted by atomic mass is 32.2. The van der Waals surface area contributed by atoms with Crippen molar-refractivity contribution < 1.29 is 13.2 Å². The van der Waals surface area contributed by atoms with Crippen molar-refractivity contribution in [3.63, 3.8) is 0 Å². The molecule has 2 aliphatic heterocycles. The Labute approximate surface area is 155 Å². The van der Waals surface area contributed by atoms with Crippen molar-refractivity contribution in [1.82, 2.24) is 4.31 Å². The first kappa shape index (κ1) is 17.6. The molecular formula is C21H25NO3S. The first-order valence-electron chi connectivity index (χ1n) is 9.24. The summed E-state index contributed by atoms with van der Waals surface area (Å²) in [5.41, 5.74) is 3.15. The predicted octanol–water partition coefficient (Wildman–Crippen LogP) is 3.85. The van der Waals surface area contributed by atoms with Gasteiger partial charge in [-0.05, 0) is 61.6 Å². The molecule has 0 aliphatic carbocycles. The van der Waals surface area contributed by atoms with E-state index in [-0.39, 0.29) is 5.60 Å². The van der Waals surface area contributed by atoms with Gasteiger partial charge < -0.3 is 4.74 Å². The van der Waals surface area contributed by atoms with Crippen molar-refractivity contribution in [3.05, 3.63) is 59.2 Å². The van der Waals surface area contributed by atoms with Crippen LogP contribution in [0, 0.1) is 13.8 Å². The first-order valence-corrected chi connectivity index (χ1v) is 10.7. The summed E-state index contributed by atoms with van der Waals surface area (Å²) >= 11 is 0. The summed E-state index contributed by atoms with van der Waals surface area (Å²) in [7, 11) is -3.44. The van der Waals surface area contributed by atoms with E-state index in [1.807, 2.05) is 38.1 Å². The van der Waals surface area contributed by atoms with Crippen LogP contribution in [0.3, 0.4) is 0 Å². The molecular weight excluding hydrogens is 346 g/mol. The fourth-order valence-electron chi connectivity index (χ4n) is 3.97. The number of benzene rings is 2. The topological polar surface area (TPSA) is 46.6 Å². The largest absolute Gasteiger partial charge is 0.487 e. The maximum absolute atomic E-state index is 13.0. The van der Waals surface area contributed by atoms with E-state index in [1.54, 1.807) is 16.4 Å². The van der Waals surface area contributed by atoms with Crippen molar-refractivity contribution in [1.29, 1.82) is 0 Å². The molecule has 4 nitrogen and oxygen atoms in total. The summed E-state index contributed by atoms with van der Waals surface area (Å²) in [5, 5.41) is 0. The number of hydrogen-bond donors (Lipinski definition) is 0. The maximum Gasteiger partial charge on any atom is 0.243 e. The second-order valence-electron chi connectivity index (χ2n) is 7.54. The highest BCUT2D eigenvalue weighted by Crippen LogP contribution is 2.40. The third-order valence-electron chi connectivity index (χ3n) is 5.90. The predicted molar refractivity (Wildman–Crippen MR) is 102 cm³/mol. The number of rotatable bonds is 2. The Hall–Kier alpha value is -1.85. The van der Waals surface area contributed by atoms with Crippen molar-refractivity contribution in [2.75, 3.05) is 13.1 Å². The minimum absolute atomic E-state index is 0.219. The van der Waals surface area contributed by atoms with Crippen LogP contribution in [0.4, 0.5) is 0 Å². The van der Waals surface area contributed by atoms with Gasteiger partial charge in [-0.15, -0.1) is 0 Å². The summed E-state index contributed by atoms with van der Waals surface area (Å²) in [6, 6.07) is 13.6. The van der Waals surface area contributed by atoms with Crippen molar-refractivity contribution in [2.45, 2.75) is 50.0 Å². The number of hydrogen-bond acceptors (Lipinski definition) is 3. The smallest absolute Gasteiger partial charge is 0.243 e. The van der Waals surface area contributed by atoms with Crippen LogP contribution in [0.1, 0.15) is 36.0 Å². The van der Waals surface area contributed by atoms with Crippen LogP contribution in [-0.4, -0.2) is 31.4 Å². The molecule has 0 atom stereocenters. The van der Waals surface area contributed by atoms with Gasteiger partial charge in [-0.1, -0.05) is 24.3 Å². The van der Waals surface area contributed by atoms with E-state index >= 15 is 0 Å². The van der Waals surface area contributed by atoms with Gasteiger partial charge in [0.2, 0.25) is 10.0 Å². The molecule has 2 aromatic carbocycles. The van der Waals surface area contributed by atoms with E-state index in [0.29, 0.717) is 18.0 Å². The van der Waals surface area contributed by atoms with E-state index < -0.39 is 10.0 Å². The zero-order chi connectivity index (χ0) is 18.4. The fourth-order valence-corrected chi connectivity index (χ4v) is 5.49. The average Bonchev–Trinajstić information content (AvgIpc) is 2.64. The summed E-state index contributed by atoms with van der Waals surface area (Å²) < 4.78 is 34.0. The fraction of sp³-hybridized carbons (Fsp3) is 0.429. The Balaban J connectivity index is 1.51. The molecule has 0 unspecified atom stereocenters. The normalized spacial score (nSPS) is 19.8. The third kappa shape index (κ3) is 3.03. The van der Waals surface area contributed by atoms with E-state index in [0.717, 1.165) is 42.6 Å². The number of nitrogens with zero attached hydrogens (tertiary/aromatic N) is 1. The van der Waals surface area contributed by atoms with Gasteiger partial charge in [-0.25, -0.2) is 8.42 Å². The highest BCUT2D eigenvalue weighted by Gasteiger charge is 2.42. The van der Waals surface area contributed by atoms with E-state index in [9.17, 15) is 8.42 Å². The van der Waals surface area contributed by atoms with E-state index in [4.69, 9.17) is 4.74 Å². The second-order valence-corrected chi connectivity index (χ2v) is 9.48. The number of piperidine rings is 1. The molecule has 0 amide bonds. The molecule has 1 spiro atoms. The van der Waals surface area contributed by atoms with E-state index in [2.05, 4.69) is 6.07 Å². The number of sulfonamides is 1. The molecule has 2 aromatic rings. The van der Waals surface area contributed by atoms with E-state index in [1.165, 1.54) is 5.56 Å². The molecule has 2 aliphatic rings. The lowest BCUT2D eigenvalue weighted by atomic mass is 9.84. The Kier molecular flexibility index (Phi) is 4.32. The van der Waals surface area contributed by atoms with Gasteiger partial charge in [0.05, 0.1) is 4.90 Å². The molecule has 0 radical (unpaired) electrons. The lowest BCUT2D eigenvalue weighted by Gasteiger charge is -2.44. The van der Waals surface area contributed by atoms with Gasteiger partial charge in [-0.3, -0.25) is 0 Å². The zero-order valence-electron chi connectivity index (χ0n) is 15.4. The summed E-state index contributed by atoms with van der Waals surface area (Å²) in [5.74, 6) is 0.962. The van der Waals surface area contributed by atoms with Crippen molar-refractivity contribution >= 4 is 10.0 Å². The number of fused-ring (bicyclic) bond motifs is 1. The Morgan fingerprint density at radius 2 is 1.69 bits per heavy atom. The van der Waals surface area contributed by atoms with Crippen LogP contribution in [-0.2, 0) is 16.4 Å². The van der Waals surface area contributed by atoms with Crippen LogP contribution in [0.2, 0.25) is 0 Å². The zero-order valence-corrected chi connectivity index (χ0v) is 16.2. The molecule has 26 heavy (non-hydrogen) atoms. The average molecular weight is 372 g/mol. The molecule has 0 aromatic heterocycles. The Bertz CT molecular complexity index is 928. The minimum Gasteiger partial charge on any atom is -0.487 e. The summed E-state index contributed by atoms with van der Waals surface area (Å²) in [6.45, 7) is 4.97. The first-order chi connectivity index (χ1) is 12.4. The molecule has 1 fully saturated rings. The third-order valence-corrected chi connectivity index (χ3v) is 7.79. The Morgan fingerprint density at radius 3 is 2.42 bits per heavy atom. The van der Waals surface area contributed by atoms with Gasteiger partial charge in [0, 0.05) is 25.9 Å². The van der Waals surface area contributed by atoms with Crippen LogP contribution in [0.5, 0.6) is 5.75 Å². The van der Waals surface area contributed by atoms with Gasteiger partial charge >= 0.3 is 0 Å². The van der Waals surface area contributed by atoms with Crippen LogP contribution >= 0.6 is 0 Å². The summed E-state index contributed by atoms with van der Waals surface area (Å²) in [4.78, 5) is 0.395. The van der Waals surface area contributed by atoms with Crippen LogP contribution < -0.4 is 4.74 Å². The SMILES string of the molecule is Cc1ccc(S(=O)(=O)N2CCC3(CCc4ccccc4O3)CC2)cc1C. The molecule has 5 heteroatoms. The number of aryl methyl sites for hydroxylation is 3. The van der Waals surface area contributed by atoms with Gasteiger partial charge in [0.15, 0.2) is 0 Å². The van der Waals surface area contributed by atoms with Gasteiger partial charge in [0.25, 0.3) is 0 Å². The minimum atomic E-state index is -3.44. The Morgan fingerprint density at radius 1 is 0.962 bits per heavy atom. The van der Waals surface area contributed by atoms with Gasteiger partial charge in [0.1, 0.15) is 11.4 Å². The molecule has 1 saturated heterocycles. The molecule has 138 valence electrons. The number of ether oxygens (including phenoxy) is 1. The summed E-state index contributed by atoms with van der Waals surface area (Å²) in [6.07, 6.45) is 3.44. The van der Waals surface area contributed by atoms with Crippen LogP contribution in [0.25, 0.3) is 0 Å². The maximum atomic E-state index is 13.0. The molecule has 0 saturated carbocycles. The monoisotopic (exact) mass is 371 g/mol. The quantitative estimate of drug-likeness (QED) is 0.805. The molecule has 4 rings (SSSR count). The van der Waals surface area contributed by atoms with Crippen molar-refractivity contribution in [3.8, 4) is 5.75 Å². The standard InChI is InChI=1S/C21H25NO3S/c1-16-7-8-19(15-17(16)2)26(23,24)22-13-11-21(12-14-22)10-9-18-5-3-4-6-20(18)25-21/h3-8,15H,9-14H2,1-2H3. The van der Waals surface area contributed by atoms with Crippen LogP contribution in [0.15, 0.2) is 47.4 Å². The molecule has 2 heterocycles. The van der Waals surface area contributed by atoms with Crippen molar-refractivity contribution in [2.24, 2.45) is 0 Å². The molecule has 0 bridgehead atoms.